The molecule has 1 N–H and O–H groups in total. The van der Waals surface area contributed by atoms with E-state index in [9.17, 15) is 4.79 Å². The van der Waals surface area contributed by atoms with Gasteiger partial charge in [-0.2, -0.15) is 0 Å². The Morgan fingerprint density at radius 3 is 2.81 bits per heavy atom. The summed E-state index contributed by atoms with van der Waals surface area (Å²) < 4.78 is 2.12. The number of nitrogens with one attached hydrogen (secondary N) is 1. The van der Waals surface area contributed by atoms with Crippen LogP contribution in [0.3, 0.4) is 0 Å². The molecular formula is C16H22N3OS+. The van der Waals surface area contributed by atoms with Crippen LogP contribution >= 0.6 is 11.8 Å². The Morgan fingerprint density at radius 2 is 2.10 bits per heavy atom. The number of aromatic nitrogens is 2. The lowest BCUT2D eigenvalue weighted by Crippen LogP contribution is -2.39. The minimum atomic E-state index is 0.255. The number of amides is 1. The molecule has 3 rings (SSSR count). The number of rotatable bonds is 3. The number of H-pyrrole nitrogens is 1. The van der Waals surface area contributed by atoms with Gasteiger partial charge in [0.2, 0.25) is 5.91 Å². The molecule has 0 unspecified atom stereocenters. The highest BCUT2D eigenvalue weighted by Gasteiger charge is 2.22. The van der Waals surface area contributed by atoms with Crippen LogP contribution in [0.15, 0.2) is 29.4 Å². The summed E-state index contributed by atoms with van der Waals surface area (Å²) in [7, 11) is 2.04. The molecule has 2 aromatic rings. The van der Waals surface area contributed by atoms with Crippen LogP contribution in [0.4, 0.5) is 0 Å². The van der Waals surface area contributed by atoms with E-state index in [2.05, 4.69) is 28.6 Å². The highest BCUT2D eigenvalue weighted by Crippen LogP contribution is 2.20. The fourth-order valence-electron chi connectivity index (χ4n) is 2.79. The summed E-state index contributed by atoms with van der Waals surface area (Å²) in [5.41, 5.74) is 2.28. The average Bonchev–Trinajstić information content (AvgIpc) is 2.82. The third-order valence-corrected chi connectivity index (χ3v) is 5.32. The maximum atomic E-state index is 12.3. The number of piperidine rings is 1. The van der Waals surface area contributed by atoms with Gasteiger partial charge in [0.1, 0.15) is 0 Å². The average molecular weight is 304 g/mol. The Bertz CT molecular complexity index is 644. The van der Waals surface area contributed by atoms with Crippen molar-refractivity contribution in [2.75, 3.05) is 18.8 Å². The zero-order chi connectivity index (χ0) is 14.8. The monoisotopic (exact) mass is 304 g/mol. The molecular weight excluding hydrogens is 282 g/mol. The molecule has 21 heavy (non-hydrogen) atoms. The Labute approximate surface area is 129 Å². The van der Waals surface area contributed by atoms with E-state index in [0.717, 1.165) is 42.5 Å². The molecule has 4 nitrogen and oxygen atoms in total. The standard InChI is InChI=1S/C16H21N3OS/c1-12-7-9-19(10-8-12)15(20)11-21-16-17-13-5-3-4-6-14(13)18(16)2/h3-6,12H,7-11H2,1-2H3/p+1. The minimum absolute atomic E-state index is 0.255. The quantitative estimate of drug-likeness (QED) is 0.698. The number of aryl methyl sites for hydroxylation is 1. The van der Waals surface area contributed by atoms with Gasteiger partial charge in [-0.05, 0) is 42.7 Å². The van der Waals surface area contributed by atoms with E-state index in [1.807, 2.05) is 24.1 Å². The van der Waals surface area contributed by atoms with Crippen molar-refractivity contribution in [3.8, 4) is 0 Å². The zero-order valence-corrected chi connectivity index (χ0v) is 13.4. The molecule has 0 saturated carbocycles. The predicted molar refractivity (Wildman–Crippen MR) is 85.2 cm³/mol. The zero-order valence-electron chi connectivity index (χ0n) is 12.6. The van der Waals surface area contributed by atoms with Crippen LogP contribution in [0, 0.1) is 5.92 Å². The number of carbonyl (C=O) groups excluding carboxylic acids is 1. The van der Waals surface area contributed by atoms with Gasteiger partial charge in [-0.1, -0.05) is 19.1 Å². The van der Waals surface area contributed by atoms with Crippen LogP contribution in [0.25, 0.3) is 11.0 Å². The fourth-order valence-corrected chi connectivity index (χ4v) is 3.71. The number of aromatic amines is 1. The second kappa shape index (κ2) is 6.10. The fraction of sp³-hybridized carbons (Fsp3) is 0.500. The van der Waals surface area contributed by atoms with E-state index in [4.69, 9.17) is 0 Å². The highest BCUT2D eigenvalue weighted by molar-refractivity contribution is 7.99. The van der Waals surface area contributed by atoms with Gasteiger partial charge in [0.25, 0.3) is 0 Å². The summed E-state index contributed by atoms with van der Waals surface area (Å²) in [6, 6.07) is 8.20. The van der Waals surface area contributed by atoms with Crippen molar-refractivity contribution in [2.24, 2.45) is 13.0 Å². The lowest BCUT2D eigenvalue weighted by atomic mass is 9.99. The van der Waals surface area contributed by atoms with Crippen molar-refractivity contribution in [1.82, 2.24) is 9.88 Å². The molecule has 1 aromatic heterocycles. The van der Waals surface area contributed by atoms with Gasteiger partial charge in [0.05, 0.1) is 12.8 Å². The molecule has 1 saturated heterocycles. The second-order valence-electron chi connectivity index (χ2n) is 5.86. The first-order chi connectivity index (χ1) is 10.1. The molecule has 0 atom stereocenters. The van der Waals surface area contributed by atoms with Gasteiger partial charge in [-0.3, -0.25) is 4.79 Å². The van der Waals surface area contributed by atoms with E-state index in [-0.39, 0.29) is 5.91 Å². The van der Waals surface area contributed by atoms with Crippen LogP contribution < -0.4 is 4.57 Å². The Morgan fingerprint density at radius 1 is 1.38 bits per heavy atom. The normalized spacial score (nSPS) is 16.6. The summed E-state index contributed by atoms with van der Waals surface area (Å²) >= 11 is 1.59. The smallest absolute Gasteiger partial charge is 0.317 e. The van der Waals surface area contributed by atoms with Crippen LogP contribution in [-0.2, 0) is 11.8 Å². The first-order valence-corrected chi connectivity index (χ1v) is 8.51. The molecule has 0 bridgehead atoms. The molecule has 1 fully saturated rings. The summed E-state index contributed by atoms with van der Waals surface area (Å²) in [5.74, 6) is 1.52. The van der Waals surface area contributed by atoms with Crippen molar-refractivity contribution in [2.45, 2.75) is 24.9 Å². The summed E-state index contributed by atoms with van der Waals surface area (Å²) in [6.45, 7) is 4.10. The van der Waals surface area contributed by atoms with Crippen molar-refractivity contribution in [3.63, 3.8) is 0 Å². The maximum Gasteiger partial charge on any atom is 0.317 e. The molecule has 1 amide bonds. The molecule has 0 radical (unpaired) electrons. The van der Waals surface area contributed by atoms with Gasteiger partial charge in [-0.25, -0.2) is 9.55 Å². The molecule has 0 aliphatic carbocycles. The molecule has 5 heteroatoms. The number of likely N-dealkylation sites (tertiary alicyclic amines) is 1. The Balaban J connectivity index is 1.63. The number of carbonyl (C=O) groups is 1. The van der Waals surface area contributed by atoms with Gasteiger partial charge in [0.15, 0.2) is 11.0 Å². The Kier molecular flexibility index (Phi) is 4.19. The number of hydrogen-bond acceptors (Lipinski definition) is 2. The van der Waals surface area contributed by atoms with E-state index in [1.54, 1.807) is 11.8 Å². The lowest BCUT2D eigenvalue weighted by Gasteiger charge is -2.30. The first-order valence-electron chi connectivity index (χ1n) is 7.52. The van der Waals surface area contributed by atoms with Gasteiger partial charge >= 0.3 is 5.16 Å². The summed E-state index contributed by atoms with van der Waals surface area (Å²) in [5, 5.41) is 1.04. The number of para-hydroxylation sites is 2. The number of thioether (sulfide) groups is 1. The molecule has 2 heterocycles. The van der Waals surface area contributed by atoms with Crippen molar-refractivity contribution in [3.05, 3.63) is 24.3 Å². The topological polar surface area (TPSA) is 40.0 Å². The van der Waals surface area contributed by atoms with Crippen molar-refractivity contribution in [1.29, 1.82) is 0 Å². The van der Waals surface area contributed by atoms with E-state index < -0.39 is 0 Å². The summed E-state index contributed by atoms with van der Waals surface area (Å²) in [4.78, 5) is 17.7. The molecule has 1 aromatic carbocycles. The van der Waals surface area contributed by atoms with Gasteiger partial charge in [0, 0.05) is 13.1 Å². The summed E-state index contributed by atoms with van der Waals surface area (Å²) in [6.07, 6.45) is 2.27. The molecule has 0 spiro atoms. The predicted octanol–water partition coefficient (Wildman–Crippen LogP) is 2.34. The molecule has 112 valence electrons. The van der Waals surface area contributed by atoms with Crippen LogP contribution in [0.2, 0.25) is 0 Å². The lowest BCUT2D eigenvalue weighted by molar-refractivity contribution is -0.683. The number of imidazole rings is 1. The van der Waals surface area contributed by atoms with E-state index >= 15 is 0 Å². The maximum absolute atomic E-state index is 12.3. The molecule has 1 aliphatic rings. The van der Waals surface area contributed by atoms with Crippen LogP contribution in [-0.4, -0.2) is 34.6 Å². The van der Waals surface area contributed by atoms with Gasteiger partial charge in [-0.15, -0.1) is 0 Å². The van der Waals surface area contributed by atoms with Gasteiger partial charge < -0.3 is 4.90 Å². The van der Waals surface area contributed by atoms with E-state index in [0.29, 0.717) is 5.75 Å². The number of nitrogens with zero attached hydrogens (tertiary/aromatic N) is 2. The number of benzene rings is 1. The minimum Gasteiger partial charge on any atom is -0.342 e. The van der Waals surface area contributed by atoms with Crippen molar-refractivity contribution >= 4 is 28.7 Å². The number of fused-ring (bicyclic) bond motifs is 1. The second-order valence-corrected chi connectivity index (χ2v) is 6.82. The third kappa shape index (κ3) is 3.07. The van der Waals surface area contributed by atoms with E-state index in [1.165, 1.54) is 5.52 Å². The largest absolute Gasteiger partial charge is 0.342 e. The Hall–Kier alpha value is -1.49. The highest BCUT2D eigenvalue weighted by atomic mass is 32.2. The van der Waals surface area contributed by atoms with Crippen molar-refractivity contribution < 1.29 is 9.36 Å². The number of hydrogen-bond donors (Lipinski definition) is 1. The van der Waals surface area contributed by atoms with Crippen LogP contribution in [0.5, 0.6) is 0 Å². The van der Waals surface area contributed by atoms with Crippen LogP contribution in [0.1, 0.15) is 19.8 Å². The third-order valence-electron chi connectivity index (χ3n) is 4.28. The molecule has 1 aliphatic heterocycles. The first kappa shape index (κ1) is 14.4. The SMILES string of the molecule is CC1CCN(C(=O)CSc2[nH]c3ccccc3[n+]2C)CC1.